The lowest BCUT2D eigenvalue weighted by Gasteiger charge is -2.48. The number of aliphatic hydroxyl groups excluding tert-OH is 1. The van der Waals surface area contributed by atoms with Gasteiger partial charge in [-0.15, -0.1) is 0 Å². The number of ether oxygens (including phenoxy) is 4. The van der Waals surface area contributed by atoms with Gasteiger partial charge in [-0.25, -0.2) is 16.7 Å². The molecule has 2 saturated heterocycles. The molecule has 266 valence electrons. The highest BCUT2D eigenvalue weighted by Crippen LogP contribution is 2.34. The van der Waals surface area contributed by atoms with Crippen molar-refractivity contribution in [1.82, 2.24) is 5.32 Å². The van der Waals surface area contributed by atoms with Crippen molar-refractivity contribution in [2.45, 2.75) is 81.6 Å². The summed E-state index contributed by atoms with van der Waals surface area (Å²) >= 11 is 0. The SMILES string of the molecule is CC(=O)N[C@H]1[C@@H](O[C@@H]2[C@H](OCCCN)O[C@@H](C)[C@@H](OS(=O)(=O)O)[C@H]2OS(=O)(=O)O)O[C@H](COS(=O)(=O)O)[C@H](OS(=O)(=O)O)[C@@H]1O. The van der Waals surface area contributed by atoms with Crippen LogP contribution in [0.15, 0.2) is 0 Å². The van der Waals surface area contributed by atoms with Gasteiger partial charge in [0.2, 0.25) is 5.91 Å². The van der Waals surface area contributed by atoms with Crippen LogP contribution in [0.25, 0.3) is 0 Å². The lowest BCUT2D eigenvalue weighted by atomic mass is 9.96. The molecule has 2 rings (SSSR count). The largest absolute Gasteiger partial charge is 0.397 e. The first kappa shape index (κ1) is 39.9. The number of aliphatic hydroxyl groups is 1. The van der Waals surface area contributed by atoms with Gasteiger partial charge in [0.15, 0.2) is 12.6 Å². The Bertz CT molecular complexity index is 1440. The molecule has 28 heteroatoms. The van der Waals surface area contributed by atoms with Crippen LogP contribution in [-0.2, 0) is 82.1 Å². The maximum absolute atomic E-state index is 12.0. The second-order valence-corrected chi connectivity index (χ2v) is 13.5. The Morgan fingerprint density at radius 1 is 0.800 bits per heavy atom. The molecule has 0 spiro atoms. The molecule has 2 heterocycles. The minimum atomic E-state index is -5.52. The number of carbonyl (C=O) groups excluding carboxylic acids is 1. The summed E-state index contributed by atoms with van der Waals surface area (Å²) in [6, 6.07) is -1.97. The number of rotatable bonds is 16. The fourth-order valence-electron chi connectivity index (χ4n) is 4.18. The predicted molar refractivity (Wildman–Crippen MR) is 138 cm³/mol. The monoisotopic (exact) mass is 744 g/mol. The van der Waals surface area contributed by atoms with Crippen molar-refractivity contribution in [3.63, 3.8) is 0 Å². The van der Waals surface area contributed by atoms with Gasteiger partial charge in [-0.05, 0) is 19.9 Å². The third kappa shape index (κ3) is 13.4. The van der Waals surface area contributed by atoms with Crippen LogP contribution in [-0.4, -0.2) is 144 Å². The molecule has 1 amide bonds. The van der Waals surface area contributed by atoms with Crippen LogP contribution in [0, 0.1) is 0 Å². The van der Waals surface area contributed by atoms with Gasteiger partial charge < -0.3 is 35.1 Å². The van der Waals surface area contributed by atoms with E-state index in [9.17, 15) is 57.2 Å². The maximum Gasteiger partial charge on any atom is 0.397 e. The topological polar surface area (TPSA) is 367 Å². The van der Waals surface area contributed by atoms with Gasteiger partial charge in [-0.3, -0.25) is 23.0 Å². The van der Waals surface area contributed by atoms with E-state index >= 15 is 0 Å². The van der Waals surface area contributed by atoms with Gasteiger partial charge in [0.05, 0.1) is 19.3 Å². The van der Waals surface area contributed by atoms with E-state index in [1.54, 1.807) is 0 Å². The number of amides is 1. The standard InChI is InChI=1S/C17H32N2O22S4/c1-7-12(39-43(25,26)27)14(41-45(31,32)33)15(17(36-7)34-5-3-4-18)38-16-10(19-8(2)20)11(21)13(40-44(28,29)30)9(37-16)6-35-42(22,23)24/h7,9-17,21H,3-6,18H2,1-2H3,(H,19,20)(H,22,23,24)(H,25,26,27)(H,28,29,30)(H,31,32,33)/t7-,9+,10+,11+,12+,13-,14+,15-,16+,17+/m0/s1. The van der Waals surface area contributed by atoms with E-state index in [1.807, 2.05) is 0 Å². The Morgan fingerprint density at radius 3 is 1.82 bits per heavy atom. The molecule has 2 aliphatic rings. The second-order valence-electron chi connectivity index (χ2n) is 9.26. The van der Waals surface area contributed by atoms with Crippen LogP contribution in [0.3, 0.4) is 0 Å². The second kappa shape index (κ2) is 15.7. The molecule has 8 N–H and O–H groups in total. The minimum Gasteiger partial charge on any atom is -0.388 e. The molecule has 2 fully saturated rings. The van der Waals surface area contributed by atoms with E-state index in [1.165, 1.54) is 0 Å². The molecular formula is C17H32N2O22S4. The summed E-state index contributed by atoms with van der Waals surface area (Å²) in [5, 5.41) is 13.0. The van der Waals surface area contributed by atoms with Crippen LogP contribution >= 0.6 is 0 Å². The van der Waals surface area contributed by atoms with Crippen molar-refractivity contribution in [2.24, 2.45) is 5.73 Å². The normalized spacial score (nSPS) is 33.5. The van der Waals surface area contributed by atoms with Gasteiger partial charge in [-0.1, -0.05) is 0 Å². The van der Waals surface area contributed by atoms with Crippen molar-refractivity contribution in [2.75, 3.05) is 19.8 Å². The summed E-state index contributed by atoms with van der Waals surface area (Å²) in [7, 11) is -21.6. The lowest BCUT2D eigenvalue weighted by molar-refractivity contribution is -0.345. The van der Waals surface area contributed by atoms with E-state index in [0.29, 0.717) is 0 Å². The van der Waals surface area contributed by atoms with Crippen LogP contribution in [0.5, 0.6) is 0 Å². The van der Waals surface area contributed by atoms with Crippen molar-refractivity contribution in [3.05, 3.63) is 0 Å². The van der Waals surface area contributed by atoms with E-state index < -0.39 is 115 Å². The van der Waals surface area contributed by atoms with Gasteiger partial charge in [0, 0.05) is 6.92 Å². The number of nitrogens with two attached hydrogens (primary N) is 1. The first-order valence-corrected chi connectivity index (χ1v) is 17.7. The zero-order valence-corrected chi connectivity index (χ0v) is 26.3. The highest BCUT2D eigenvalue weighted by molar-refractivity contribution is 7.81. The zero-order chi connectivity index (χ0) is 34.5. The molecule has 0 aromatic rings. The summed E-state index contributed by atoms with van der Waals surface area (Å²) in [4.78, 5) is 12.0. The fourth-order valence-corrected chi connectivity index (χ4v) is 6.05. The molecule has 10 atom stereocenters. The van der Waals surface area contributed by atoms with Gasteiger partial charge in [0.1, 0.15) is 42.7 Å². The summed E-state index contributed by atoms with van der Waals surface area (Å²) < 4.78 is 169. The van der Waals surface area contributed by atoms with Crippen molar-refractivity contribution in [1.29, 1.82) is 0 Å². The molecule has 0 unspecified atom stereocenters. The first-order chi connectivity index (χ1) is 20.4. The number of carbonyl (C=O) groups is 1. The average molecular weight is 745 g/mol. The maximum atomic E-state index is 12.0. The van der Waals surface area contributed by atoms with Crippen LogP contribution < -0.4 is 11.1 Å². The van der Waals surface area contributed by atoms with Crippen LogP contribution in [0.4, 0.5) is 0 Å². The summed E-state index contributed by atoms with van der Waals surface area (Å²) in [6.07, 6.45) is -18.7. The van der Waals surface area contributed by atoms with E-state index in [-0.39, 0.29) is 19.6 Å². The molecule has 0 aromatic carbocycles. The number of nitrogens with one attached hydrogen (secondary N) is 1. The van der Waals surface area contributed by atoms with Gasteiger partial charge in [-0.2, -0.15) is 33.7 Å². The van der Waals surface area contributed by atoms with E-state index in [4.69, 9.17) is 29.2 Å². The quantitative estimate of drug-likeness (QED) is 0.0578. The lowest BCUT2D eigenvalue weighted by Crippen LogP contribution is -2.68. The van der Waals surface area contributed by atoms with Gasteiger partial charge >= 0.3 is 41.6 Å². The smallest absolute Gasteiger partial charge is 0.388 e. The third-order valence-electron chi connectivity index (χ3n) is 5.77. The Balaban J connectivity index is 2.66. The predicted octanol–water partition coefficient (Wildman–Crippen LogP) is -4.54. The average Bonchev–Trinajstić information content (AvgIpc) is 2.83. The molecule has 0 saturated carbocycles. The summed E-state index contributed by atoms with van der Waals surface area (Å²) in [5.74, 6) is -0.961. The minimum absolute atomic E-state index is 0.0559. The molecule has 0 aliphatic carbocycles. The molecule has 0 bridgehead atoms. The van der Waals surface area contributed by atoms with Crippen LogP contribution in [0.1, 0.15) is 20.3 Å². The Hall–Kier alpha value is -1.29. The molecule has 24 nitrogen and oxygen atoms in total. The zero-order valence-electron chi connectivity index (χ0n) is 23.0. The summed E-state index contributed by atoms with van der Waals surface area (Å²) in [6.45, 7) is 0.457. The fraction of sp³-hybridized carbons (Fsp3) is 0.941. The highest BCUT2D eigenvalue weighted by Gasteiger charge is 2.55. The molecule has 0 radical (unpaired) electrons. The molecular weight excluding hydrogens is 712 g/mol. The number of hydrogen-bond acceptors (Lipinski definition) is 19. The number of hydrogen-bond donors (Lipinski definition) is 7. The summed E-state index contributed by atoms with van der Waals surface area (Å²) in [5.41, 5.74) is 5.43. The van der Waals surface area contributed by atoms with E-state index in [2.05, 4.69) is 22.0 Å². The molecule has 45 heavy (non-hydrogen) atoms. The Morgan fingerprint density at radius 2 is 1.33 bits per heavy atom. The van der Waals surface area contributed by atoms with Crippen molar-refractivity contribution >= 4 is 47.5 Å². The molecule has 0 aromatic heterocycles. The van der Waals surface area contributed by atoms with Crippen molar-refractivity contribution in [3.8, 4) is 0 Å². The van der Waals surface area contributed by atoms with Crippen LogP contribution in [0.2, 0.25) is 0 Å². The van der Waals surface area contributed by atoms with Gasteiger partial charge in [0.25, 0.3) is 0 Å². The Kier molecular flexibility index (Phi) is 14.0. The first-order valence-electron chi connectivity index (χ1n) is 12.2. The third-order valence-corrected chi connectivity index (χ3v) is 7.60. The Labute approximate surface area is 257 Å². The van der Waals surface area contributed by atoms with Crippen molar-refractivity contribution < 1.29 is 97.5 Å². The molecule has 2 aliphatic heterocycles. The van der Waals surface area contributed by atoms with E-state index in [0.717, 1.165) is 13.8 Å². The highest BCUT2D eigenvalue weighted by atomic mass is 32.3.